The van der Waals surface area contributed by atoms with E-state index in [1.165, 1.54) is 5.56 Å². The molecule has 1 aromatic carbocycles. The van der Waals surface area contributed by atoms with Crippen LogP contribution in [-0.2, 0) is 6.54 Å². The van der Waals surface area contributed by atoms with Gasteiger partial charge in [-0.05, 0) is 35.9 Å². The molecule has 0 radical (unpaired) electrons. The van der Waals surface area contributed by atoms with Crippen LogP contribution in [0.3, 0.4) is 0 Å². The van der Waals surface area contributed by atoms with Crippen LogP contribution in [0.1, 0.15) is 5.56 Å². The van der Waals surface area contributed by atoms with Crippen molar-refractivity contribution in [1.29, 1.82) is 0 Å². The van der Waals surface area contributed by atoms with Crippen molar-refractivity contribution < 1.29 is 0 Å². The first-order valence-corrected chi connectivity index (χ1v) is 9.76. The minimum Gasteiger partial charge on any atom is -0.354 e. The summed E-state index contributed by atoms with van der Waals surface area (Å²) in [4.78, 5) is 24.4. The van der Waals surface area contributed by atoms with Gasteiger partial charge in [0.25, 0.3) is 5.56 Å². The highest BCUT2D eigenvalue weighted by Crippen LogP contribution is 2.19. The quantitative estimate of drug-likeness (QED) is 0.581. The van der Waals surface area contributed by atoms with Gasteiger partial charge in [-0.2, -0.15) is 0 Å². The molecular formula is C21H20ClN5O. The first-order chi connectivity index (χ1) is 13.7. The largest absolute Gasteiger partial charge is 0.354 e. The van der Waals surface area contributed by atoms with E-state index in [1.54, 1.807) is 6.20 Å². The minimum atomic E-state index is -0.0446. The molecule has 1 aliphatic heterocycles. The Morgan fingerprint density at radius 3 is 2.68 bits per heavy atom. The molecule has 28 heavy (non-hydrogen) atoms. The first-order valence-electron chi connectivity index (χ1n) is 9.38. The maximum atomic E-state index is 12.3. The van der Waals surface area contributed by atoms with E-state index < -0.39 is 0 Å². The average Bonchev–Trinajstić information content (AvgIpc) is 3.12. The Kier molecular flexibility index (Phi) is 4.30. The van der Waals surface area contributed by atoms with Gasteiger partial charge in [-0.15, -0.1) is 0 Å². The number of aromatic nitrogens is 3. The van der Waals surface area contributed by atoms with Gasteiger partial charge in [-0.1, -0.05) is 23.7 Å². The van der Waals surface area contributed by atoms with Gasteiger partial charge in [-0.3, -0.25) is 9.69 Å². The molecule has 7 heteroatoms. The molecule has 0 atom stereocenters. The number of nitrogens with zero attached hydrogens (tertiary/aromatic N) is 4. The molecule has 0 amide bonds. The molecule has 142 valence electrons. The lowest BCUT2D eigenvalue weighted by Gasteiger charge is -2.35. The van der Waals surface area contributed by atoms with Crippen LogP contribution in [0.25, 0.3) is 16.6 Å². The first kappa shape index (κ1) is 17.3. The molecule has 1 fully saturated rings. The predicted molar refractivity (Wildman–Crippen MR) is 112 cm³/mol. The highest BCUT2D eigenvalue weighted by atomic mass is 35.5. The summed E-state index contributed by atoms with van der Waals surface area (Å²) in [5, 5.41) is 1.37. The molecule has 5 rings (SSSR count). The second-order valence-electron chi connectivity index (χ2n) is 7.17. The van der Waals surface area contributed by atoms with Gasteiger partial charge >= 0.3 is 0 Å². The smallest absolute Gasteiger partial charge is 0.258 e. The zero-order valence-corrected chi connectivity index (χ0v) is 16.1. The number of hydrogen-bond donors (Lipinski definition) is 1. The topological polar surface area (TPSA) is 56.6 Å². The van der Waals surface area contributed by atoms with E-state index in [0.29, 0.717) is 10.4 Å². The lowest BCUT2D eigenvalue weighted by atomic mass is 10.2. The van der Waals surface area contributed by atoms with Crippen molar-refractivity contribution in [1.82, 2.24) is 19.3 Å². The molecule has 0 bridgehead atoms. The van der Waals surface area contributed by atoms with Crippen molar-refractivity contribution >= 4 is 34.0 Å². The number of benzene rings is 1. The van der Waals surface area contributed by atoms with Gasteiger partial charge in [0.05, 0.1) is 15.9 Å². The van der Waals surface area contributed by atoms with Crippen LogP contribution in [0, 0.1) is 0 Å². The number of aromatic amines is 1. The van der Waals surface area contributed by atoms with E-state index in [9.17, 15) is 4.79 Å². The van der Waals surface area contributed by atoms with E-state index >= 15 is 0 Å². The highest BCUT2D eigenvalue weighted by molar-refractivity contribution is 6.30. The maximum absolute atomic E-state index is 12.3. The summed E-state index contributed by atoms with van der Waals surface area (Å²) >= 11 is 5.93. The zero-order valence-electron chi connectivity index (χ0n) is 15.3. The number of fused-ring (bicyclic) bond motifs is 3. The number of anilines is 1. The average molecular weight is 394 g/mol. The molecule has 0 unspecified atom stereocenters. The van der Waals surface area contributed by atoms with Crippen molar-refractivity contribution in [3.05, 3.63) is 75.8 Å². The van der Waals surface area contributed by atoms with E-state index in [2.05, 4.69) is 36.4 Å². The van der Waals surface area contributed by atoms with Crippen LogP contribution in [0.4, 0.5) is 5.82 Å². The third kappa shape index (κ3) is 3.15. The third-order valence-electron chi connectivity index (χ3n) is 5.34. The Bertz CT molecular complexity index is 1190. The Hall–Kier alpha value is -2.83. The fourth-order valence-corrected chi connectivity index (χ4v) is 4.02. The van der Waals surface area contributed by atoms with Gasteiger partial charge in [0, 0.05) is 45.1 Å². The third-order valence-corrected chi connectivity index (χ3v) is 5.56. The zero-order chi connectivity index (χ0) is 19.1. The van der Waals surface area contributed by atoms with Crippen LogP contribution in [0.5, 0.6) is 0 Å². The summed E-state index contributed by atoms with van der Waals surface area (Å²) in [6.07, 6.45) is 3.82. The monoisotopic (exact) mass is 393 g/mol. The van der Waals surface area contributed by atoms with Crippen LogP contribution in [-0.4, -0.2) is 45.4 Å². The summed E-state index contributed by atoms with van der Waals surface area (Å²) in [7, 11) is 0. The highest BCUT2D eigenvalue weighted by Gasteiger charge is 2.19. The van der Waals surface area contributed by atoms with Crippen LogP contribution in [0.15, 0.2) is 59.7 Å². The molecule has 0 saturated carbocycles. The second-order valence-corrected chi connectivity index (χ2v) is 7.61. The number of hydrogen-bond acceptors (Lipinski definition) is 4. The Morgan fingerprint density at radius 2 is 1.89 bits per heavy atom. The van der Waals surface area contributed by atoms with E-state index in [0.717, 1.165) is 49.7 Å². The summed E-state index contributed by atoms with van der Waals surface area (Å²) in [6, 6.07) is 13.6. The lowest BCUT2D eigenvalue weighted by Crippen LogP contribution is -2.46. The van der Waals surface area contributed by atoms with E-state index in [4.69, 9.17) is 11.6 Å². The van der Waals surface area contributed by atoms with Gasteiger partial charge in [-0.25, -0.2) is 4.98 Å². The summed E-state index contributed by atoms with van der Waals surface area (Å²) in [5.41, 5.74) is 2.93. The molecule has 0 aliphatic carbocycles. The van der Waals surface area contributed by atoms with Gasteiger partial charge < -0.3 is 14.3 Å². The molecule has 1 N–H and O–H groups in total. The number of piperazine rings is 1. The second kappa shape index (κ2) is 6.96. The fraction of sp³-hybridized carbons (Fsp3) is 0.238. The molecule has 6 nitrogen and oxygen atoms in total. The van der Waals surface area contributed by atoms with E-state index in [-0.39, 0.29) is 5.56 Å². The van der Waals surface area contributed by atoms with Gasteiger partial charge in [0.15, 0.2) is 0 Å². The number of H-pyrrole nitrogens is 1. The Morgan fingerprint density at radius 1 is 1.07 bits per heavy atom. The van der Waals surface area contributed by atoms with Gasteiger partial charge in [0.1, 0.15) is 11.5 Å². The summed E-state index contributed by atoms with van der Waals surface area (Å²) in [5.74, 6) is 0.975. The van der Waals surface area contributed by atoms with Crippen molar-refractivity contribution in [3.63, 3.8) is 0 Å². The number of nitrogens with one attached hydrogen (secondary N) is 1. The van der Waals surface area contributed by atoms with Crippen molar-refractivity contribution in [2.24, 2.45) is 0 Å². The molecule has 4 aromatic rings. The number of para-hydroxylation sites is 1. The number of pyridine rings is 1. The summed E-state index contributed by atoms with van der Waals surface area (Å²) < 4.78 is 2.07. The molecule has 0 spiro atoms. The number of rotatable bonds is 3. The summed E-state index contributed by atoms with van der Waals surface area (Å²) in [6.45, 7) is 4.66. The van der Waals surface area contributed by atoms with Gasteiger partial charge in [0.2, 0.25) is 0 Å². The molecule has 1 saturated heterocycles. The van der Waals surface area contributed by atoms with Crippen molar-refractivity contribution in [3.8, 4) is 0 Å². The molecular weight excluding hydrogens is 374 g/mol. The normalized spacial score (nSPS) is 15.5. The Balaban J connectivity index is 1.33. The van der Waals surface area contributed by atoms with E-state index in [1.807, 2.05) is 36.4 Å². The van der Waals surface area contributed by atoms with Crippen molar-refractivity contribution in [2.45, 2.75) is 6.54 Å². The van der Waals surface area contributed by atoms with Crippen LogP contribution < -0.4 is 10.5 Å². The predicted octanol–water partition coefficient (Wildman–Crippen LogP) is 3.15. The minimum absolute atomic E-state index is 0.0446. The molecule has 3 aromatic heterocycles. The number of halogens is 1. The van der Waals surface area contributed by atoms with Crippen molar-refractivity contribution in [2.75, 3.05) is 31.1 Å². The Labute approximate surface area is 167 Å². The SMILES string of the molecule is O=c1[nH]c2cc(CN3CCN(c4ccc(Cl)cn4)CC3)cn2c2ccccc12. The lowest BCUT2D eigenvalue weighted by molar-refractivity contribution is 0.249. The van der Waals surface area contributed by atoms with Crippen LogP contribution >= 0.6 is 11.6 Å². The molecule has 4 heterocycles. The molecule has 1 aliphatic rings. The fourth-order valence-electron chi connectivity index (χ4n) is 3.91. The maximum Gasteiger partial charge on any atom is 0.258 e. The standard InChI is InChI=1S/C21H20ClN5O/c22-16-5-6-19(23-12-16)26-9-7-25(8-10-26)13-15-11-20-24-21(28)17-3-1-2-4-18(17)27(20)14-15/h1-6,11-12,14H,7-10,13H2,(H,24,28). The van der Waals surface area contributed by atoms with Crippen LogP contribution in [0.2, 0.25) is 5.02 Å².